The topological polar surface area (TPSA) is 133 Å². The highest BCUT2D eigenvalue weighted by atomic mass is 19.4. The number of hydrogen-bond donors (Lipinski definition) is 5. The smallest absolute Gasteiger partial charge is 0.421 e. The van der Waals surface area contributed by atoms with Gasteiger partial charge in [-0.25, -0.2) is 9.78 Å². The maximum Gasteiger partial charge on any atom is 0.421 e. The summed E-state index contributed by atoms with van der Waals surface area (Å²) in [6.07, 6.45) is 0.606. The Morgan fingerprint density at radius 1 is 1.07 bits per heavy atom. The molecular formula is C28H39F3N8O3. The highest BCUT2D eigenvalue weighted by Crippen LogP contribution is 2.36. The van der Waals surface area contributed by atoms with Crippen molar-refractivity contribution in [1.82, 2.24) is 30.8 Å². The molecule has 1 saturated carbocycles. The van der Waals surface area contributed by atoms with Crippen LogP contribution in [0.15, 0.2) is 24.4 Å². The fourth-order valence-corrected chi connectivity index (χ4v) is 5.27. The van der Waals surface area contributed by atoms with E-state index in [0.717, 1.165) is 45.0 Å². The van der Waals surface area contributed by atoms with Gasteiger partial charge in [0.05, 0.1) is 18.8 Å². The van der Waals surface area contributed by atoms with Gasteiger partial charge in [-0.15, -0.1) is 0 Å². The summed E-state index contributed by atoms with van der Waals surface area (Å²) in [4.78, 5) is 35.3. The van der Waals surface area contributed by atoms with Crippen LogP contribution in [0.2, 0.25) is 0 Å². The zero-order valence-electron chi connectivity index (χ0n) is 24.1. The van der Waals surface area contributed by atoms with Crippen molar-refractivity contribution in [3.8, 4) is 5.75 Å². The van der Waals surface area contributed by atoms with Crippen LogP contribution < -0.4 is 31.3 Å². The summed E-state index contributed by atoms with van der Waals surface area (Å²) in [5, 5.41) is 14.4. The number of carbonyl (C=O) groups is 2. The van der Waals surface area contributed by atoms with E-state index in [0.29, 0.717) is 36.4 Å². The van der Waals surface area contributed by atoms with Crippen molar-refractivity contribution in [3.63, 3.8) is 0 Å². The number of anilines is 3. The molecular weight excluding hydrogens is 553 g/mol. The number of methoxy groups -OCH3 is 1. The monoisotopic (exact) mass is 592 g/mol. The minimum atomic E-state index is -4.70. The van der Waals surface area contributed by atoms with Gasteiger partial charge in [0.15, 0.2) is 0 Å². The van der Waals surface area contributed by atoms with Gasteiger partial charge in [0, 0.05) is 30.4 Å². The number of urea groups is 1. The number of alkyl halides is 3. The van der Waals surface area contributed by atoms with Gasteiger partial charge in [0.1, 0.15) is 17.1 Å². The first-order valence-corrected chi connectivity index (χ1v) is 14.3. The fourth-order valence-electron chi connectivity index (χ4n) is 5.27. The number of hydrogen-bond acceptors (Lipinski definition) is 8. The first-order chi connectivity index (χ1) is 20.1. The second-order valence-corrected chi connectivity index (χ2v) is 10.7. The Balaban J connectivity index is 1.52. The van der Waals surface area contributed by atoms with Crippen LogP contribution in [0.3, 0.4) is 0 Å². The van der Waals surface area contributed by atoms with Crippen molar-refractivity contribution in [1.29, 1.82) is 0 Å². The molecule has 2 heterocycles. The van der Waals surface area contributed by atoms with Crippen molar-refractivity contribution in [2.24, 2.45) is 0 Å². The number of halogens is 3. The van der Waals surface area contributed by atoms with Crippen LogP contribution in [0.4, 0.5) is 35.4 Å². The first kappa shape index (κ1) is 31.1. The van der Waals surface area contributed by atoms with Crippen LogP contribution in [0.25, 0.3) is 0 Å². The molecule has 2 atom stereocenters. The number of carbonyl (C=O) groups excluding carboxylic acids is 2. The van der Waals surface area contributed by atoms with Gasteiger partial charge in [-0.05, 0) is 70.9 Å². The SMILES string of the molecule is CCNC(=O)NC1CCCCC1Nc1nc(Nc2ccc(C(=O)NC3CCN(C)CC3)cc2OC)ncc1C(F)(F)F. The molecule has 3 amide bonds. The van der Waals surface area contributed by atoms with Crippen molar-refractivity contribution < 1.29 is 27.5 Å². The predicted octanol–water partition coefficient (Wildman–Crippen LogP) is 4.11. The number of amides is 3. The van der Waals surface area contributed by atoms with E-state index in [2.05, 4.69) is 41.5 Å². The summed E-state index contributed by atoms with van der Waals surface area (Å²) in [6, 6.07) is 3.67. The number of likely N-dealkylation sites (tertiary alicyclic amines) is 1. The Bertz CT molecular complexity index is 1240. The Kier molecular flexibility index (Phi) is 10.3. The highest BCUT2D eigenvalue weighted by Gasteiger charge is 2.37. The third-order valence-electron chi connectivity index (χ3n) is 7.60. The fraction of sp³-hybridized carbons (Fsp3) is 0.571. The molecule has 2 unspecified atom stereocenters. The molecule has 2 aliphatic rings. The van der Waals surface area contributed by atoms with Gasteiger partial charge in [-0.3, -0.25) is 4.79 Å². The largest absolute Gasteiger partial charge is 0.495 e. The van der Waals surface area contributed by atoms with Crippen molar-refractivity contribution in [2.45, 2.75) is 69.8 Å². The number of rotatable bonds is 9. The summed E-state index contributed by atoms with van der Waals surface area (Å²) >= 11 is 0. The zero-order valence-corrected chi connectivity index (χ0v) is 24.1. The number of piperidine rings is 1. The van der Waals surface area contributed by atoms with E-state index in [9.17, 15) is 22.8 Å². The van der Waals surface area contributed by atoms with Crippen molar-refractivity contribution >= 4 is 29.4 Å². The normalized spacial score (nSPS) is 20.0. The lowest BCUT2D eigenvalue weighted by molar-refractivity contribution is -0.137. The van der Waals surface area contributed by atoms with E-state index in [1.807, 2.05) is 7.05 Å². The van der Waals surface area contributed by atoms with E-state index >= 15 is 0 Å². The molecule has 42 heavy (non-hydrogen) atoms. The molecule has 0 spiro atoms. The lowest BCUT2D eigenvalue weighted by Gasteiger charge is -2.33. The molecule has 1 aromatic heterocycles. The number of aromatic nitrogens is 2. The van der Waals surface area contributed by atoms with Gasteiger partial charge in [0.25, 0.3) is 5.91 Å². The minimum Gasteiger partial charge on any atom is -0.495 e. The Morgan fingerprint density at radius 2 is 1.79 bits per heavy atom. The van der Waals surface area contributed by atoms with Gasteiger partial charge in [0.2, 0.25) is 5.95 Å². The van der Waals surface area contributed by atoms with Crippen molar-refractivity contribution in [3.05, 3.63) is 35.5 Å². The number of ether oxygens (including phenoxy) is 1. The van der Waals surface area contributed by atoms with E-state index in [-0.39, 0.29) is 35.8 Å². The van der Waals surface area contributed by atoms with E-state index in [1.165, 1.54) is 7.11 Å². The lowest BCUT2D eigenvalue weighted by atomic mass is 9.90. The van der Waals surface area contributed by atoms with Crippen LogP contribution in [0.1, 0.15) is 61.4 Å². The quantitative estimate of drug-likeness (QED) is 0.294. The van der Waals surface area contributed by atoms with Crippen LogP contribution in [0.5, 0.6) is 5.75 Å². The van der Waals surface area contributed by atoms with Gasteiger partial charge in [-0.2, -0.15) is 18.2 Å². The van der Waals surface area contributed by atoms with Crippen LogP contribution in [0, 0.1) is 0 Å². The molecule has 0 bridgehead atoms. The van der Waals surface area contributed by atoms with E-state index in [1.54, 1.807) is 25.1 Å². The Hall–Kier alpha value is -3.81. The molecule has 5 N–H and O–H groups in total. The summed E-state index contributed by atoms with van der Waals surface area (Å²) in [5.74, 6) is -0.392. The predicted molar refractivity (Wildman–Crippen MR) is 153 cm³/mol. The molecule has 4 rings (SSSR count). The van der Waals surface area contributed by atoms with Crippen molar-refractivity contribution in [2.75, 3.05) is 44.4 Å². The average Bonchev–Trinajstić information content (AvgIpc) is 2.95. The highest BCUT2D eigenvalue weighted by molar-refractivity contribution is 5.95. The van der Waals surface area contributed by atoms with E-state index < -0.39 is 17.8 Å². The molecule has 1 saturated heterocycles. The van der Waals surface area contributed by atoms with Crippen LogP contribution in [-0.4, -0.2) is 78.7 Å². The van der Waals surface area contributed by atoms with Crippen LogP contribution in [-0.2, 0) is 6.18 Å². The zero-order chi connectivity index (χ0) is 30.3. The summed E-state index contributed by atoms with van der Waals surface area (Å²) < 4.78 is 47.2. The summed E-state index contributed by atoms with van der Waals surface area (Å²) in [5.41, 5.74) is -0.231. The average molecular weight is 593 g/mol. The molecule has 1 aliphatic carbocycles. The first-order valence-electron chi connectivity index (χ1n) is 14.3. The maximum absolute atomic E-state index is 13.9. The molecule has 1 aromatic carbocycles. The van der Waals surface area contributed by atoms with Gasteiger partial charge in [-0.1, -0.05) is 12.8 Å². The summed E-state index contributed by atoms with van der Waals surface area (Å²) in [7, 11) is 3.48. The van der Waals surface area contributed by atoms with Gasteiger partial charge < -0.3 is 36.2 Å². The minimum absolute atomic E-state index is 0.0867. The molecule has 1 aliphatic heterocycles. The third kappa shape index (κ3) is 8.14. The van der Waals surface area contributed by atoms with Crippen LogP contribution >= 0.6 is 0 Å². The standard InChI is InChI=1S/C28H39F3N8O3/c1-4-32-27(41)37-21-8-6-5-7-20(21)35-24-19(28(29,30)31)16-33-26(38-24)36-22-10-9-17(15-23(22)42-3)25(40)34-18-11-13-39(2)14-12-18/h9-10,15-16,18,20-21H,4-8,11-14H2,1-3H3,(H,34,40)(H2,32,37,41)(H2,33,35,36,38). The second-order valence-electron chi connectivity index (χ2n) is 10.7. The Morgan fingerprint density at radius 3 is 2.45 bits per heavy atom. The number of nitrogens with zero attached hydrogens (tertiary/aromatic N) is 3. The second kappa shape index (κ2) is 13.9. The Labute approximate surface area is 243 Å². The summed E-state index contributed by atoms with van der Waals surface area (Å²) in [6.45, 7) is 4.04. The number of benzene rings is 1. The van der Waals surface area contributed by atoms with E-state index in [4.69, 9.17) is 4.74 Å². The molecule has 2 aromatic rings. The number of nitrogens with one attached hydrogen (secondary N) is 5. The molecule has 230 valence electrons. The van der Waals surface area contributed by atoms with Gasteiger partial charge >= 0.3 is 12.2 Å². The third-order valence-corrected chi connectivity index (χ3v) is 7.60. The lowest BCUT2D eigenvalue weighted by Crippen LogP contribution is -2.51. The molecule has 2 fully saturated rings. The molecule has 11 nitrogen and oxygen atoms in total. The maximum atomic E-state index is 13.9. The molecule has 0 radical (unpaired) electrons. The molecule has 14 heteroatoms.